The van der Waals surface area contributed by atoms with E-state index in [1.165, 1.54) is 22.2 Å². The summed E-state index contributed by atoms with van der Waals surface area (Å²) in [7, 11) is 0. The lowest BCUT2D eigenvalue weighted by Gasteiger charge is -2.30. The molecule has 24 heavy (non-hydrogen) atoms. The first kappa shape index (κ1) is 17.2. The second-order valence-electron chi connectivity index (χ2n) is 5.99. The summed E-state index contributed by atoms with van der Waals surface area (Å²) < 4.78 is 0. The molecule has 3 rings (SSSR count). The number of fused-ring (bicyclic) bond motifs is 1. The standard InChI is InChI=1S/C16H20N4O2S2/c1-9-10(2)24-16-13(9)15(18-8-19-16)23-7-12(21)20-5-3-11(4-6-20)14(17)22/h8,11H,3-7H2,1-2H3,(H2,17,22). The largest absolute Gasteiger partial charge is 0.369 e. The zero-order chi connectivity index (χ0) is 17.3. The summed E-state index contributed by atoms with van der Waals surface area (Å²) in [4.78, 5) is 36.3. The number of piperidine rings is 1. The lowest BCUT2D eigenvalue weighted by Crippen LogP contribution is -2.42. The predicted molar refractivity (Wildman–Crippen MR) is 96.1 cm³/mol. The van der Waals surface area contributed by atoms with E-state index in [2.05, 4.69) is 23.8 Å². The molecular formula is C16H20N4O2S2. The number of thiophene rings is 1. The zero-order valence-electron chi connectivity index (χ0n) is 13.7. The highest BCUT2D eigenvalue weighted by Gasteiger charge is 2.26. The highest BCUT2D eigenvalue weighted by molar-refractivity contribution is 8.00. The topological polar surface area (TPSA) is 89.2 Å². The number of carbonyl (C=O) groups is 2. The van der Waals surface area contributed by atoms with Gasteiger partial charge in [-0.3, -0.25) is 9.59 Å². The van der Waals surface area contributed by atoms with E-state index in [0.717, 1.165) is 15.2 Å². The number of hydrogen-bond donors (Lipinski definition) is 1. The highest BCUT2D eigenvalue weighted by atomic mass is 32.2. The molecule has 2 aromatic rings. The molecule has 0 aromatic carbocycles. The number of nitrogens with zero attached hydrogens (tertiary/aromatic N) is 3. The number of aromatic nitrogens is 2. The van der Waals surface area contributed by atoms with Gasteiger partial charge in [0.15, 0.2) is 0 Å². The van der Waals surface area contributed by atoms with Gasteiger partial charge in [0.25, 0.3) is 0 Å². The van der Waals surface area contributed by atoms with Crippen LogP contribution in [0.3, 0.4) is 0 Å². The van der Waals surface area contributed by atoms with Gasteiger partial charge in [-0.1, -0.05) is 11.8 Å². The summed E-state index contributed by atoms with van der Waals surface area (Å²) >= 11 is 3.11. The fourth-order valence-electron chi connectivity index (χ4n) is 2.89. The van der Waals surface area contributed by atoms with Gasteiger partial charge in [-0.25, -0.2) is 9.97 Å². The van der Waals surface area contributed by atoms with Gasteiger partial charge in [-0.2, -0.15) is 0 Å². The van der Waals surface area contributed by atoms with Gasteiger partial charge < -0.3 is 10.6 Å². The number of nitrogens with two attached hydrogens (primary N) is 1. The minimum atomic E-state index is -0.261. The fourth-order valence-corrected chi connectivity index (χ4v) is 4.91. The molecule has 0 bridgehead atoms. The lowest BCUT2D eigenvalue weighted by molar-refractivity contribution is -0.132. The summed E-state index contributed by atoms with van der Waals surface area (Å²) in [5.74, 6) is 0.0730. The van der Waals surface area contributed by atoms with Crippen LogP contribution in [0.2, 0.25) is 0 Å². The van der Waals surface area contributed by atoms with Crippen LogP contribution in [0.15, 0.2) is 11.4 Å². The summed E-state index contributed by atoms with van der Waals surface area (Å²) in [5.41, 5.74) is 6.52. The molecule has 1 aliphatic heterocycles. The third-order valence-corrected chi connectivity index (χ3v) is 6.60. The van der Waals surface area contributed by atoms with Gasteiger partial charge in [0, 0.05) is 29.3 Å². The van der Waals surface area contributed by atoms with Crippen molar-refractivity contribution >= 4 is 45.1 Å². The third-order valence-electron chi connectivity index (χ3n) is 4.51. The lowest BCUT2D eigenvalue weighted by atomic mass is 9.96. The molecule has 2 amide bonds. The number of likely N-dealkylation sites (tertiary alicyclic amines) is 1. The molecule has 1 saturated heterocycles. The Balaban J connectivity index is 1.64. The maximum absolute atomic E-state index is 12.4. The van der Waals surface area contributed by atoms with Crippen LogP contribution in [-0.4, -0.2) is 45.5 Å². The normalized spacial score (nSPS) is 15.8. The second-order valence-corrected chi connectivity index (χ2v) is 8.16. The Morgan fingerprint density at radius 3 is 2.71 bits per heavy atom. The van der Waals surface area contributed by atoms with Crippen LogP contribution in [0.5, 0.6) is 0 Å². The molecule has 8 heteroatoms. The molecule has 0 unspecified atom stereocenters. The Bertz CT molecular complexity index is 782. The van der Waals surface area contributed by atoms with E-state index in [1.54, 1.807) is 17.7 Å². The summed E-state index contributed by atoms with van der Waals surface area (Å²) in [6.45, 7) is 5.34. The number of hydrogen-bond acceptors (Lipinski definition) is 6. The quantitative estimate of drug-likeness (QED) is 0.663. The number of rotatable bonds is 4. The van der Waals surface area contributed by atoms with E-state index in [9.17, 15) is 9.59 Å². The van der Waals surface area contributed by atoms with Gasteiger partial charge in [-0.05, 0) is 32.3 Å². The van der Waals surface area contributed by atoms with Crippen molar-refractivity contribution in [2.45, 2.75) is 31.7 Å². The third kappa shape index (κ3) is 3.39. The molecule has 128 valence electrons. The number of aryl methyl sites for hydroxylation is 2. The molecule has 2 N–H and O–H groups in total. The van der Waals surface area contributed by atoms with Crippen LogP contribution in [0.4, 0.5) is 0 Å². The van der Waals surface area contributed by atoms with E-state index in [4.69, 9.17) is 5.73 Å². The Kier molecular flexibility index (Phi) is 5.05. The Morgan fingerprint density at radius 1 is 1.33 bits per heavy atom. The predicted octanol–water partition coefficient (Wildman–Crippen LogP) is 2.12. The van der Waals surface area contributed by atoms with E-state index in [-0.39, 0.29) is 17.7 Å². The highest BCUT2D eigenvalue weighted by Crippen LogP contribution is 2.34. The van der Waals surface area contributed by atoms with E-state index < -0.39 is 0 Å². The Labute approximate surface area is 148 Å². The van der Waals surface area contributed by atoms with Crippen LogP contribution in [0, 0.1) is 19.8 Å². The number of amides is 2. The van der Waals surface area contributed by atoms with E-state index in [1.807, 2.05) is 4.90 Å². The summed E-state index contributed by atoms with van der Waals surface area (Å²) in [5, 5.41) is 1.92. The fraction of sp³-hybridized carbons (Fsp3) is 0.500. The molecule has 0 radical (unpaired) electrons. The number of thioether (sulfide) groups is 1. The van der Waals surface area contributed by atoms with Crippen molar-refractivity contribution < 1.29 is 9.59 Å². The van der Waals surface area contributed by atoms with E-state index >= 15 is 0 Å². The van der Waals surface area contributed by atoms with Gasteiger partial charge in [0.1, 0.15) is 16.2 Å². The van der Waals surface area contributed by atoms with Gasteiger partial charge in [0.2, 0.25) is 11.8 Å². The van der Waals surface area contributed by atoms with Gasteiger partial charge >= 0.3 is 0 Å². The summed E-state index contributed by atoms with van der Waals surface area (Å²) in [6, 6.07) is 0. The first-order chi connectivity index (χ1) is 11.5. The molecule has 6 nitrogen and oxygen atoms in total. The number of primary amides is 1. The van der Waals surface area contributed by atoms with E-state index in [0.29, 0.717) is 31.7 Å². The maximum Gasteiger partial charge on any atom is 0.232 e. The van der Waals surface area contributed by atoms with Crippen molar-refractivity contribution in [3.8, 4) is 0 Å². The molecule has 1 fully saturated rings. The average Bonchev–Trinajstić information content (AvgIpc) is 2.88. The molecule has 2 aromatic heterocycles. The van der Waals surface area contributed by atoms with Gasteiger partial charge in [0.05, 0.1) is 5.75 Å². The molecule has 0 saturated carbocycles. The maximum atomic E-state index is 12.4. The van der Waals surface area contributed by atoms with Crippen molar-refractivity contribution in [3.63, 3.8) is 0 Å². The first-order valence-electron chi connectivity index (χ1n) is 7.88. The summed E-state index contributed by atoms with van der Waals surface area (Å²) in [6.07, 6.45) is 2.88. The Morgan fingerprint density at radius 2 is 2.04 bits per heavy atom. The van der Waals surface area contributed by atoms with Crippen LogP contribution < -0.4 is 5.73 Å². The second kappa shape index (κ2) is 7.06. The molecule has 0 spiro atoms. The van der Waals surface area contributed by atoms with Crippen LogP contribution in [0.1, 0.15) is 23.3 Å². The first-order valence-corrected chi connectivity index (χ1v) is 9.68. The minimum Gasteiger partial charge on any atom is -0.369 e. The molecule has 0 atom stereocenters. The molecule has 0 aliphatic carbocycles. The Hall–Kier alpha value is -1.67. The van der Waals surface area contributed by atoms with Crippen LogP contribution in [0.25, 0.3) is 10.2 Å². The van der Waals surface area contributed by atoms with Crippen molar-refractivity contribution in [1.82, 2.24) is 14.9 Å². The molecule has 1 aliphatic rings. The van der Waals surface area contributed by atoms with Crippen LogP contribution >= 0.6 is 23.1 Å². The number of carbonyl (C=O) groups excluding carboxylic acids is 2. The SMILES string of the molecule is Cc1sc2ncnc(SCC(=O)N3CCC(C(N)=O)CC3)c2c1C. The molecule has 3 heterocycles. The van der Waals surface area contributed by atoms with Crippen molar-refractivity contribution in [2.24, 2.45) is 11.7 Å². The zero-order valence-corrected chi connectivity index (χ0v) is 15.4. The minimum absolute atomic E-state index is 0.0827. The average molecular weight is 364 g/mol. The van der Waals surface area contributed by atoms with Crippen molar-refractivity contribution in [2.75, 3.05) is 18.8 Å². The van der Waals surface area contributed by atoms with Crippen molar-refractivity contribution in [1.29, 1.82) is 0 Å². The van der Waals surface area contributed by atoms with Crippen molar-refractivity contribution in [3.05, 3.63) is 16.8 Å². The van der Waals surface area contributed by atoms with Crippen LogP contribution in [-0.2, 0) is 9.59 Å². The molecular weight excluding hydrogens is 344 g/mol. The van der Waals surface area contributed by atoms with Gasteiger partial charge in [-0.15, -0.1) is 11.3 Å². The smallest absolute Gasteiger partial charge is 0.232 e. The monoisotopic (exact) mass is 364 g/mol.